The summed E-state index contributed by atoms with van der Waals surface area (Å²) in [6, 6.07) is 4.43. The van der Waals surface area contributed by atoms with Gasteiger partial charge in [-0.1, -0.05) is 6.07 Å². The number of para-hydroxylation sites is 1. The number of fused-ring (bicyclic) bond motifs is 1. The van der Waals surface area contributed by atoms with Crippen molar-refractivity contribution < 1.29 is 10.2 Å². The van der Waals surface area contributed by atoms with Crippen LogP contribution in [0.2, 0.25) is 0 Å². The van der Waals surface area contributed by atoms with Crippen molar-refractivity contribution >= 4 is 17.1 Å². The number of nitrogens with zero attached hydrogens (tertiary/aromatic N) is 2. The van der Waals surface area contributed by atoms with Crippen LogP contribution in [0.1, 0.15) is 0 Å². The van der Waals surface area contributed by atoms with Crippen molar-refractivity contribution in [1.82, 2.24) is 19.9 Å². The fourth-order valence-electron chi connectivity index (χ4n) is 1.77. The summed E-state index contributed by atoms with van der Waals surface area (Å²) < 4.78 is 0. The highest BCUT2D eigenvalue weighted by Crippen LogP contribution is 2.34. The molecular weight excluding hydrogens is 250 g/mol. The van der Waals surface area contributed by atoms with Gasteiger partial charge in [-0.3, -0.25) is 9.78 Å². The van der Waals surface area contributed by atoms with Gasteiger partial charge < -0.3 is 20.9 Å². The molecule has 2 aromatic heterocycles. The molecule has 0 aliphatic heterocycles. The summed E-state index contributed by atoms with van der Waals surface area (Å²) in [6.07, 6.45) is 0. The average Bonchev–Trinajstić information content (AvgIpc) is 2.76. The lowest BCUT2D eigenvalue weighted by molar-refractivity contribution is 0.405. The molecule has 0 unspecified atom stereocenters. The van der Waals surface area contributed by atoms with E-state index in [1.807, 2.05) is 0 Å². The van der Waals surface area contributed by atoms with Crippen LogP contribution in [-0.4, -0.2) is 30.1 Å². The Bertz CT molecular complexity index is 836. The van der Waals surface area contributed by atoms with Gasteiger partial charge in [0.05, 0.1) is 5.56 Å². The van der Waals surface area contributed by atoms with Gasteiger partial charge >= 0.3 is 0 Å². The number of nitrogens with one attached hydrogen (secondary N) is 2. The molecule has 8 heteroatoms. The quantitative estimate of drug-likeness (QED) is 0.398. The molecule has 0 spiro atoms. The number of benzene rings is 1. The first-order valence-electron chi connectivity index (χ1n) is 5.33. The van der Waals surface area contributed by atoms with Crippen molar-refractivity contribution in [3.63, 3.8) is 0 Å². The minimum Gasteiger partial charge on any atom is -0.504 e. The molecule has 0 fully saturated rings. The molecule has 1 aromatic carbocycles. The maximum atomic E-state index is 11.6. The fraction of sp³-hybridized carbons (Fsp3) is 0. The smallest absolute Gasteiger partial charge is 0.278 e. The zero-order chi connectivity index (χ0) is 13.6. The third-order valence-electron chi connectivity index (χ3n) is 2.65. The number of phenolic OH excluding ortho intramolecular Hbond substituents is 2. The molecule has 0 radical (unpaired) electrons. The van der Waals surface area contributed by atoms with Gasteiger partial charge in [0.15, 0.2) is 22.7 Å². The number of aromatic hydroxyl groups is 2. The maximum absolute atomic E-state index is 11.6. The Morgan fingerprint density at radius 3 is 2.74 bits per heavy atom. The van der Waals surface area contributed by atoms with Gasteiger partial charge in [0.2, 0.25) is 5.95 Å². The molecule has 0 atom stereocenters. The van der Waals surface area contributed by atoms with E-state index in [9.17, 15) is 15.0 Å². The van der Waals surface area contributed by atoms with Gasteiger partial charge in [0.25, 0.3) is 5.56 Å². The number of imidazole rings is 1. The number of hydrogen-bond acceptors (Lipinski definition) is 6. The Labute approximate surface area is 105 Å². The van der Waals surface area contributed by atoms with Crippen molar-refractivity contribution in [2.45, 2.75) is 0 Å². The molecule has 0 amide bonds. The van der Waals surface area contributed by atoms with Crippen molar-refractivity contribution in [1.29, 1.82) is 0 Å². The normalized spacial score (nSPS) is 10.9. The molecule has 3 rings (SSSR count). The minimum atomic E-state index is -0.458. The van der Waals surface area contributed by atoms with Crippen LogP contribution in [0, 0.1) is 0 Å². The molecular formula is C11H9N5O3. The van der Waals surface area contributed by atoms with E-state index in [-0.39, 0.29) is 40.0 Å². The number of H-pyrrole nitrogens is 2. The number of aromatic nitrogens is 4. The van der Waals surface area contributed by atoms with Gasteiger partial charge in [-0.25, -0.2) is 4.98 Å². The Morgan fingerprint density at radius 1 is 1.16 bits per heavy atom. The van der Waals surface area contributed by atoms with Crippen LogP contribution in [-0.2, 0) is 0 Å². The second-order valence-corrected chi connectivity index (χ2v) is 3.91. The number of nitrogens with two attached hydrogens (primary N) is 1. The van der Waals surface area contributed by atoms with Crippen LogP contribution in [0.5, 0.6) is 11.5 Å². The Kier molecular flexibility index (Phi) is 2.18. The molecule has 6 N–H and O–H groups in total. The highest BCUT2D eigenvalue weighted by molar-refractivity contribution is 5.78. The van der Waals surface area contributed by atoms with Gasteiger partial charge in [0, 0.05) is 0 Å². The Hall–Kier alpha value is -3.03. The van der Waals surface area contributed by atoms with E-state index in [0.29, 0.717) is 0 Å². The first-order chi connectivity index (χ1) is 9.06. The topological polar surface area (TPSA) is 141 Å². The predicted octanol–water partition coefficient (Wildman–Crippen LogP) is 0.307. The number of rotatable bonds is 1. The lowest BCUT2D eigenvalue weighted by Crippen LogP contribution is -2.10. The number of nitrogen functional groups attached to an aromatic ring is 1. The summed E-state index contributed by atoms with van der Waals surface area (Å²) in [7, 11) is 0. The molecule has 3 aromatic rings. The lowest BCUT2D eigenvalue weighted by atomic mass is 10.2. The van der Waals surface area contributed by atoms with Crippen LogP contribution < -0.4 is 11.3 Å². The minimum absolute atomic E-state index is 0.0457. The van der Waals surface area contributed by atoms with Gasteiger partial charge in [-0.2, -0.15) is 4.98 Å². The van der Waals surface area contributed by atoms with E-state index in [1.54, 1.807) is 12.1 Å². The van der Waals surface area contributed by atoms with Crippen LogP contribution >= 0.6 is 0 Å². The summed E-state index contributed by atoms with van der Waals surface area (Å²) in [5.41, 5.74) is 5.50. The van der Waals surface area contributed by atoms with Crippen LogP contribution in [0.4, 0.5) is 5.95 Å². The SMILES string of the molecule is Nc1nc2nc(-c3cccc(O)c3O)[nH]c2c(=O)[nH]1. The van der Waals surface area contributed by atoms with E-state index in [1.165, 1.54) is 6.07 Å². The molecule has 0 bridgehead atoms. The number of phenols is 2. The molecule has 8 nitrogen and oxygen atoms in total. The van der Waals surface area contributed by atoms with E-state index in [4.69, 9.17) is 5.73 Å². The van der Waals surface area contributed by atoms with Crippen LogP contribution in [0.15, 0.2) is 23.0 Å². The summed E-state index contributed by atoms with van der Waals surface area (Å²) in [6.45, 7) is 0. The molecule has 19 heavy (non-hydrogen) atoms. The van der Waals surface area contributed by atoms with Crippen molar-refractivity contribution in [2.75, 3.05) is 5.73 Å². The largest absolute Gasteiger partial charge is 0.504 e. The molecule has 0 saturated carbocycles. The van der Waals surface area contributed by atoms with Gasteiger partial charge in [-0.05, 0) is 12.1 Å². The predicted molar refractivity (Wildman–Crippen MR) is 67.7 cm³/mol. The first-order valence-corrected chi connectivity index (χ1v) is 5.33. The fourth-order valence-corrected chi connectivity index (χ4v) is 1.77. The number of aromatic amines is 2. The van der Waals surface area contributed by atoms with Gasteiger partial charge in [0.1, 0.15) is 5.82 Å². The number of hydrogen-bond donors (Lipinski definition) is 5. The molecule has 0 aliphatic rings. The molecule has 0 aliphatic carbocycles. The van der Waals surface area contributed by atoms with Crippen molar-refractivity contribution in [3.05, 3.63) is 28.6 Å². The van der Waals surface area contributed by atoms with E-state index >= 15 is 0 Å². The van der Waals surface area contributed by atoms with Crippen molar-refractivity contribution in [2.24, 2.45) is 0 Å². The lowest BCUT2D eigenvalue weighted by Gasteiger charge is -2.01. The molecule has 96 valence electrons. The highest BCUT2D eigenvalue weighted by Gasteiger charge is 2.14. The van der Waals surface area contributed by atoms with E-state index in [0.717, 1.165) is 0 Å². The first kappa shape index (κ1) is 11.1. The zero-order valence-corrected chi connectivity index (χ0v) is 9.51. The second kappa shape index (κ2) is 3.73. The molecule has 2 heterocycles. The van der Waals surface area contributed by atoms with Crippen LogP contribution in [0.25, 0.3) is 22.6 Å². The summed E-state index contributed by atoms with van der Waals surface area (Å²) in [4.78, 5) is 24.6. The summed E-state index contributed by atoms with van der Waals surface area (Å²) >= 11 is 0. The number of anilines is 1. The average molecular weight is 259 g/mol. The third-order valence-corrected chi connectivity index (χ3v) is 2.65. The van der Waals surface area contributed by atoms with Gasteiger partial charge in [-0.15, -0.1) is 0 Å². The van der Waals surface area contributed by atoms with E-state index < -0.39 is 5.56 Å². The monoisotopic (exact) mass is 259 g/mol. The standard InChI is InChI=1S/C11H9N5O3/c12-11-15-9-6(10(19)16-11)13-8(14-9)4-2-1-3-5(17)7(4)18/h1-3,17-18H,(H4,12,13,14,15,16,19). The maximum Gasteiger partial charge on any atom is 0.278 e. The third kappa shape index (κ3) is 1.66. The molecule has 0 saturated heterocycles. The Balaban J connectivity index is 2.30. The van der Waals surface area contributed by atoms with Crippen LogP contribution in [0.3, 0.4) is 0 Å². The second-order valence-electron chi connectivity index (χ2n) is 3.91. The van der Waals surface area contributed by atoms with E-state index in [2.05, 4.69) is 19.9 Å². The Morgan fingerprint density at radius 2 is 1.95 bits per heavy atom. The summed E-state index contributed by atoms with van der Waals surface area (Å²) in [5, 5.41) is 19.2. The highest BCUT2D eigenvalue weighted by atomic mass is 16.3. The van der Waals surface area contributed by atoms with Crippen molar-refractivity contribution in [3.8, 4) is 22.9 Å². The zero-order valence-electron chi connectivity index (χ0n) is 9.51. The summed E-state index contributed by atoms with van der Waals surface area (Å²) in [5.74, 6) is -0.437.